The molecule has 0 aliphatic carbocycles. The summed E-state index contributed by atoms with van der Waals surface area (Å²) in [5.74, 6) is -1.05. The van der Waals surface area contributed by atoms with E-state index in [4.69, 9.17) is 9.52 Å². The second kappa shape index (κ2) is 2.34. The number of carbonyl (C=O) groups is 1. The Balaban J connectivity index is 2.68. The zero-order valence-electron chi connectivity index (χ0n) is 6.02. The Morgan fingerprint density at radius 2 is 2.42 bits per heavy atom. The monoisotopic (exact) mass is 163 g/mol. The minimum atomic E-state index is -1.05. The summed E-state index contributed by atoms with van der Waals surface area (Å²) in [6.07, 6.45) is 2.97. The van der Waals surface area contributed by atoms with Crippen molar-refractivity contribution in [1.82, 2.24) is 4.98 Å². The Hall–Kier alpha value is -1.84. The molecule has 12 heavy (non-hydrogen) atoms. The maximum Gasteiger partial charge on any atom is 0.354 e. The van der Waals surface area contributed by atoms with Gasteiger partial charge >= 0.3 is 5.97 Å². The van der Waals surface area contributed by atoms with E-state index >= 15 is 0 Å². The minimum Gasteiger partial charge on any atom is -0.477 e. The zero-order valence-corrected chi connectivity index (χ0v) is 6.02. The van der Waals surface area contributed by atoms with E-state index in [9.17, 15) is 4.79 Å². The smallest absolute Gasteiger partial charge is 0.354 e. The van der Waals surface area contributed by atoms with Gasteiger partial charge in [0.25, 0.3) is 0 Å². The Labute approximate surface area is 67.4 Å². The molecule has 0 radical (unpaired) electrons. The van der Waals surface area contributed by atoms with Crippen LogP contribution in [0.5, 0.6) is 0 Å². The molecule has 0 saturated carbocycles. The number of carboxylic acids is 1. The summed E-state index contributed by atoms with van der Waals surface area (Å²) in [4.78, 5) is 14.2. The quantitative estimate of drug-likeness (QED) is 0.692. The first-order valence-corrected chi connectivity index (χ1v) is 3.34. The highest BCUT2D eigenvalue weighted by Crippen LogP contribution is 2.14. The number of hydrogen-bond acceptors (Lipinski definition) is 3. The average molecular weight is 163 g/mol. The van der Waals surface area contributed by atoms with Crippen LogP contribution in [0.3, 0.4) is 0 Å². The Morgan fingerprint density at radius 1 is 1.58 bits per heavy atom. The lowest BCUT2D eigenvalue weighted by molar-refractivity contribution is 0.0690. The van der Waals surface area contributed by atoms with E-state index in [1.54, 1.807) is 6.07 Å². The lowest BCUT2D eigenvalue weighted by atomic mass is 10.3. The minimum absolute atomic E-state index is 0.00236. The van der Waals surface area contributed by atoms with Gasteiger partial charge in [0.2, 0.25) is 0 Å². The van der Waals surface area contributed by atoms with Crippen molar-refractivity contribution in [3.8, 4) is 0 Å². The molecule has 2 aromatic rings. The van der Waals surface area contributed by atoms with Gasteiger partial charge in [0.05, 0.1) is 6.26 Å². The fraction of sp³-hybridized carbons (Fsp3) is 0. The van der Waals surface area contributed by atoms with Crippen LogP contribution in [-0.2, 0) is 0 Å². The first-order chi connectivity index (χ1) is 5.77. The van der Waals surface area contributed by atoms with Crippen LogP contribution in [0.1, 0.15) is 10.5 Å². The molecule has 0 atom stereocenters. The molecule has 0 bridgehead atoms. The molecule has 0 fully saturated rings. The molecule has 0 spiro atoms. The van der Waals surface area contributed by atoms with Crippen LogP contribution in [0, 0.1) is 0 Å². The molecular formula is C8H5NO3. The van der Waals surface area contributed by atoms with E-state index in [0.717, 1.165) is 5.39 Å². The van der Waals surface area contributed by atoms with Crippen LogP contribution in [0.25, 0.3) is 11.0 Å². The SMILES string of the molecule is O=C(O)c1cc2occc2cn1. The number of fused-ring (bicyclic) bond motifs is 1. The van der Waals surface area contributed by atoms with Gasteiger partial charge in [-0.1, -0.05) is 0 Å². The third kappa shape index (κ3) is 0.934. The van der Waals surface area contributed by atoms with Crippen LogP contribution in [0.2, 0.25) is 0 Å². The second-order valence-electron chi connectivity index (χ2n) is 2.33. The number of furan rings is 1. The molecule has 2 rings (SSSR count). The molecule has 4 nitrogen and oxygen atoms in total. The summed E-state index contributed by atoms with van der Waals surface area (Å²) < 4.78 is 5.01. The van der Waals surface area contributed by atoms with Gasteiger partial charge in [-0.3, -0.25) is 0 Å². The van der Waals surface area contributed by atoms with Gasteiger partial charge in [0.15, 0.2) is 5.69 Å². The third-order valence-corrected chi connectivity index (χ3v) is 1.56. The third-order valence-electron chi connectivity index (χ3n) is 1.56. The Kier molecular flexibility index (Phi) is 1.33. The molecule has 4 heteroatoms. The summed E-state index contributed by atoms with van der Waals surface area (Å²) in [6, 6.07) is 3.13. The second-order valence-corrected chi connectivity index (χ2v) is 2.33. The molecule has 0 aromatic carbocycles. The number of hydrogen-bond donors (Lipinski definition) is 1. The van der Waals surface area contributed by atoms with Crippen molar-refractivity contribution in [3.05, 3.63) is 30.3 Å². The molecule has 60 valence electrons. The van der Waals surface area contributed by atoms with E-state index < -0.39 is 5.97 Å². The van der Waals surface area contributed by atoms with Crippen LogP contribution < -0.4 is 0 Å². The Bertz CT molecular complexity index is 433. The molecule has 0 amide bonds. The van der Waals surface area contributed by atoms with Crippen molar-refractivity contribution >= 4 is 16.9 Å². The molecule has 0 unspecified atom stereocenters. The van der Waals surface area contributed by atoms with Crippen molar-refractivity contribution in [2.24, 2.45) is 0 Å². The van der Waals surface area contributed by atoms with E-state index in [-0.39, 0.29) is 5.69 Å². The van der Waals surface area contributed by atoms with Crippen LogP contribution in [0.4, 0.5) is 0 Å². The molecule has 0 aliphatic rings. The number of pyridine rings is 1. The predicted octanol–water partition coefficient (Wildman–Crippen LogP) is 1.53. The van der Waals surface area contributed by atoms with Crippen molar-refractivity contribution in [2.75, 3.05) is 0 Å². The predicted molar refractivity (Wildman–Crippen MR) is 41.0 cm³/mol. The number of rotatable bonds is 1. The van der Waals surface area contributed by atoms with Gasteiger partial charge < -0.3 is 9.52 Å². The summed E-state index contributed by atoms with van der Waals surface area (Å²) in [5.41, 5.74) is 0.542. The molecule has 1 N–H and O–H groups in total. The maximum atomic E-state index is 10.5. The lowest BCUT2D eigenvalue weighted by Gasteiger charge is -1.91. The standard InChI is InChI=1S/C8H5NO3/c10-8(11)6-3-7-5(4-9-6)1-2-12-7/h1-4H,(H,10,11). The normalized spacial score (nSPS) is 10.3. The number of aromatic carboxylic acids is 1. The Morgan fingerprint density at radius 3 is 3.17 bits per heavy atom. The van der Waals surface area contributed by atoms with Gasteiger partial charge in [-0.25, -0.2) is 9.78 Å². The van der Waals surface area contributed by atoms with Crippen molar-refractivity contribution in [2.45, 2.75) is 0 Å². The summed E-state index contributed by atoms with van der Waals surface area (Å²) in [6.45, 7) is 0. The van der Waals surface area contributed by atoms with Gasteiger partial charge in [-0.15, -0.1) is 0 Å². The zero-order chi connectivity index (χ0) is 8.55. The first kappa shape index (κ1) is 6.84. The largest absolute Gasteiger partial charge is 0.477 e. The molecule has 0 aliphatic heterocycles. The van der Waals surface area contributed by atoms with Crippen molar-refractivity contribution in [1.29, 1.82) is 0 Å². The highest BCUT2D eigenvalue weighted by atomic mass is 16.4. The number of aromatic nitrogens is 1. The van der Waals surface area contributed by atoms with Gasteiger partial charge in [-0.05, 0) is 6.07 Å². The summed E-state index contributed by atoms with van der Waals surface area (Å²) in [7, 11) is 0. The highest BCUT2D eigenvalue weighted by Gasteiger charge is 2.05. The molecule has 2 heterocycles. The average Bonchev–Trinajstić information content (AvgIpc) is 2.49. The van der Waals surface area contributed by atoms with Gasteiger partial charge in [0, 0.05) is 17.6 Å². The molecule has 0 saturated heterocycles. The van der Waals surface area contributed by atoms with Crippen molar-refractivity contribution in [3.63, 3.8) is 0 Å². The number of nitrogens with zero attached hydrogens (tertiary/aromatic N) is 1. The summed E-state index contributed by atoms with van der Waals surface area (Å²) in [5, 5.41) is 9.38. The van der Waals surface area contributed by atoms with E-state index in [2.05, 4.69) is 4.98 Å². The van der Waals surface area contributed by atoms with Crippen LogP contribution >= 0.6 is 0 Å². The first-order valence-electron chi connectivity index (χ1n) is 3.34. The van der Waals surface area contributed by atoms with Gasteiger partial charge in [0.1, 0.15) is 5.58 Å². The van der Waals surface area contributed by atoms with E-state index in [1.807, 2.05) is 0 Å². The van der Waals surface area contributed by atoms with E-state index in [1.165, 1.54) is 18.5 Å². The molecule has 2 aromatic heterocycles. The summed E-state index contributed by atoms with van der Waals surface area (Å²) >= 11 is 0. The fourth-order valence-electron chi connectivity index (χ4n) is 0.972. The van der Waals surface area contributed by atoms with Crippen LogP contribution in [-0.4, -0.2) is 16.1 Å². The van der Waals surface area contributed by atoms with E-state index in [0.29, 0.717) is 5.58 Å². The topological polar surface area (TPSA) is 63.3 Å². The molecular weight excluding hydrogens is 158 g/mol. The maximum absolute atomic E-state index is 10.5. The van der Waals surface area contributed by atoms with Crippen molar-refractivity contribution < 1.29 is 14.3 Å². The number of carboxylic acid groups (broad SMARTS) is 1. The highest BCUT2D eigenvalue weighted by molar-refractivity contribution is 5.89. The fourth-order valence-corrected chi connectivity index (χ4v) is 0.972. The van der Waals surface area contributed by atoms with Crippen LogP contribution in [0.15, 0.2) is 29.0 Å². The lowest BCUT2D eigenvalue weighted by Crippen LogP contribution is -1.98. The van der Waals surface area contributed by atoms with Gasteiger partial charge in [-0.2, -0.15) is 0 Å².